The Morgan fingerprint density at radius 3 is 2.75 bits per heavy atom. The molecule has 0 saturated heterocycles. The number of nitrogens with zero attached hydrogens (tertiary/aromatic N) is 1. The van der Waals surface area contributed by atoms with Crippen LogP contribution < -0.4 is 5.32 Å². The highest BCUT2D eigenvalue weighted by molar-refractivity contribution is 7.17. The third kappa shape index (κ3) is 3.11. The fraction of sp³-hybridized carbons (Fsp3) is 0.231. The number of carbonyl (C=O) groups is 1. The molecule has 0 aliphatic rings. The Labute approximate surface area is 118 Å². The number of rotatable bonds is 5. The van der Waals surface area contributed by atoms with Crippen LogP contribution >= 0.6 is 11.3 Å². The van der Waals surface area contributed by atoms with Crippen molar-refractivity contribution < 1.29 is 18.7 Å². The van der Waals surface area contributed by atoms with Gasteiger partial charge in [0.25, 0.3) is 0 Å². The molecule has 2 rings (SSSR count). The number of benzene rings is 1. The van der Waals surface area contributed by atoms with Crippen LogP contribution in [0, 0.1) is 11.6 Å². The molecular formula is C13H12F2N2O2S. The molecule has 0 amide bonds. The number of aromatic nitrogens is 1. The number of aryl methyl sites for hydroxylation is 1. The number of hydrogen-bond acceptors (Lipinski definition) is 4. The van der Waals surface area contributed by atoms with E-state index >= 15 is 0 Å². The van der Waals surface area contributed by atoms with Gasteiger partial charge >= 0.3 is 5.97 Å². The molecule has 20 heavy (non-hydrogen) atoms. The van der Waals surface area contributed by atoms with Crippen molar-refractivity contribution in [3.05, 3.63) is 40.4 Å². The normalized spacial score (nSPS) is 10.6. The molecule has 0 fully saturated rings. The number of carboxylic acid groups (broad SMARTS) is 1. The molecule has 0 radical (unpaired) electrons. The maximum atomic E-state index is 13.1. The van der Waals surface area contributed by atoms with Crippen LogP contribution in [-0.2, 0) is 6.42 Å². The molecule has 2 N–H and O–H groups in total. The molecule has 1 aromatic carbocycles. The van der Waals surface area contributed by atoms with Crippen molar-refractivity contribution >= 4 is 28.1 Å². The summed E-state index contributed by atoms with van der Waals surface area (Å²) in [6.07, 6.45) is 1.33. The van der Waals surface area contributed by atoms with E-state index in [1.54, 1.807) is 0 Å². The van der Waals surface area contributed by atoms with E-state index in [1.165, 1.54) is 6.07 Å². The molecule has 0 aliphatic heterocycles. The van der Waals surface area contributed by atoms with Gasteiger partial charge in [-0.15, -0.1) is 0 Å². The van der Waals surface area contributed by atoms with E-state index in [-0.39, 0.29) is 4.88 Å². The smallest absolute Gasteiger partial charge is 0.347 e. The predicted octanol–water partition coefficient (Wildman–Crippen LogP) is 3.82. The van der Waals surface area contributed by atoms with Gasteiger partial charge in [-0.3, -0.25) is 0 Å². The first-order valence-corrected chi connectivity index (χ1v) is 6.78. The molecule has 1 aromatic heterocycles. The molecule has 0 spiro atoms. The second-order valence-corrected chi connectivity index (χ2v) is 5.10. The Morgan fingerprint density at radius 1 is 1.40 bits per heavy atom. The van der Waals surface area contributed by atoms with Gasteiger partial charge < -0.3 is 10.4 Å². The first-order chi connectivity index (χ1) is 9.51. The van der Waals surface area contributed by atoms with Crippen LogP contribution in [0.2, 0.25) is 0 Å². The van der Waals surface area contributed by atoms with Gasteiger partial charge in [0.2, 0.25) is 0 Å². The van der Waals surface area contributed by atoms with Gasteiger partial charge in [-0.2, -0.15) is 0 Å². The number of nitrogens with one attached hydrogen (secondary N) is 1. The minimum atomic E-state index is -1.04. The Balaban J connectivity index is 2.26. The summed E-state index contributed by atoms with van der Waals surface area (Å²) in [5.41, 5.74) is 0.813. The summed E-state index contributed by atoms with van der Waals surface area (Å²) in [7, 11) is 0. The van der Waals surface area contributed by atoms with E-state index in [0.717, 1.165) is 29.9 Å². The molecular weight excluding hydrogens is 286 g/mol. The molecule has 1 heterocycles. The van der Waals surface area contributed by atoms with E-state index in [4.69, 9.17) is 5.11 Å². The molecule has 106 valence electrons. The molecule has 0 unspecified atom stereocenters. The Kier molecular flexibility index (Phi) is 4.29. The molecule has 0 aliphatic carbocycles. The van der Waals surface area contributed by atoms with E-state index < -0.39 is 17.6 Å². The molecule has 4 nitrogen and oxygen atoms in total. The fourth-order valence-corrected chi connectivity index (χ4v) is 2.55. The fourth-order valence-electron chi connectivity index (χ4n) is 1.68. The maximum absolute atomic E-state index is 13.1. The minimum absolute atomic E-state index is 0.164. The van der Waals surface area contributed by atoms with Crippen molar-refractivity contribution in [2.75, 3.05) is 5.32 Å². The first-order valence-electron chi connectivity index (χ1n) is 5.96. The van der Waals surface area contributed by atoms with E-state index in [2.05, 4.69) is 10.3 Å². The summed E-state index contributed by atoms with van der Waals surface area (Å²) in [5.74, 6) is -2.95. The van der Waals surface area contributed by atoms with Crippen molar-refractivity contribution in [1.29, 1.82) is 0 Å². The molecule has 0 bridgehead atoms. The monoisotopic (exact) mass is 298 g/mol. The van der Waals surface area contributed by atoms with Crippen molar-refractivity contribution in [1.82, 2.24) is 4.98 Å². The lowest BCUT2D eigenvalue weighted by atomic mass is 10.2. The Bertz CT molecular complexity index is 643. The van der Waals surface area contributed by atoms with Crippen molar-refractivity contribution in [2.24, 2.45) is 0 Å². The van der Waals surface area contributed by atoms with E-state index in [1.807, 2.05) is 6.92 Å². The number of halogens is 2. The lowest BCUT2D eigenvalue weighted by molar-refractivity contribution is 0.0700. The Morgan fingerprint density at radius 2 is 2.15 bits per heavy atom. The van der Waals surface area contributed by atoms with Gasteiger partial charge in [-0.05, 0) is 18.6 Å². The highest BCUT2D eigenvalue weighted by Crippen LogP contribution is 2.27. The molecule has 7 heteroatoms. The van der Waals surface area contributed by atoms with Crippen LogP contribution in [0.4, 0.5) is 19.6 Å². The highest BCUT2D eigenvalue weighted by Gasteiger charge is 2.17. The van der Waals surface area contributed by atoms with Crippen LogP contribution in [0.5, 0.6) is 0 Å². The van der Waals surface area contributed by atoms with Crippen molar-refractivity contribution in [2.45, 2.75) is 19.8 Å². The zero-order valence-corrected chi connectivity index (χ0v) is 11.4. The highest BCUT2D eigenvalue weighted by atomic mass is 32.1. The number of thiazole rings is 1. The van der Waals surface area contributed by atoms with E-state index in [9.17, 15) is 13.6 Å². The van der Waals surface area contributed by atoms with Crippen LogP contribution in [0.25, 0.3) is 0 Å². The summed E-state index contributed by atoms with van der Waals surface area (Å²) >= 11 is 0.974. The summed E-state index contributed by atoms with van der Waals surface area (Å²) < 4.78 is 25.9. The quantitative estimate of drug-likeness (QED) is 0.881. The number of anilines is 2. The predicted molar refractivity (Wildman–Crippen MR) is 72.7 cm³/mol. The number of aromatic carboxylic acids is 1. The van der Waals surface area contributed by atoms with Gasteiger partial charge in [-0.25, -0.2) is 18.6 Å². The van der Waals surface area contributed by atoms with E-state index in [0.29, 0.717) is 22.9 Å². The topological polar surface area (TPSA) is 62.2 Å². The maximum Gasteiger partial charge on any atom is 0.347 e. The molecule has 2 aromatic rings. The molecule has 0 saturated carbocycles. The minimum Gasteiger partial charge on any atom is -0.477 e. The lowest BCUT2D eigenvalue weighted by Crippen LogP contribution is -1.98. The third-order valence-electron chi connectivity index (χ3n) is 2.55. The zero-order chi connectivity index (χ0) is 14.7. The van der Waals surface area contributed by atoms with Gasteiger partial charge in [0.1, 0.15) is 4.88 Å². The second kappa shape index (κ2) is 5.96. The average Bonchev–Trinajstić information content (AvgIpc) is 2.77. The van der Waals surface area contributed by atoms with Crippen molar-refractivity contribution in [3.63, 3.8) is 0 Å². The first kappa shape index (κ1) is 14.4. The SMILES string of the molecule is CCCc1nc(Nc2ccc(F)c(F)c2)sc1C(=O)O. The summed E-state index contributed by atoms with van der Waals surface area (Å²) in [6.45, 7) is 1.92. The van der Waals surface area contributed by atoms with Gasteiger partial charge in [0, 0.05) is 11.8 Å². The third-order valence-corrected chi connectivity index (χ3v) is 3.55. The van der Waals surface area contributed by atoms with Crippen LogP contribution in [0.15, 0.2) is 18.2 Å². The van der Waals surface area contributed by atoms with Gasteiger partial charge in [0.15, 0.2) is 16.8 Å². The zero-order valence-electron chi connectivity index (χ0n) is 10.6. The van der Waals surface area contributed by atoms with Crippen LogP contribution in [0.1, 0.15) is 28.7 Å². The lowest BCUT2D eigenvalue weighted by Gasteiger charge is -2.02. The Hall–Kier alpha value is -2.02. The standard InChI is InChI=1S/C13H12F2N2O2S/c1-2-3-10-11(12(18)19)20-13(17-10)16-7-4-5-8(14)9(15)6-7/h4-6H,2-3H2,1H3,(H,16,17)(H,18,19). The number of hydrogen-bond donors (Lipinski definition) is 2. The summed E-state index contributed by atoms with van der Waals surface area (Å²) in [4.78, 5) is 15.4. The van der Waals surface area contributed by atoms with Crippen LogP contribution in [-0.4, -0.2) is 16.1 Å². The molecule has 0 atom stereocenters. The van der Waals surface area contributed by atoms with Gasteiger partial charge in [-0.1, -0.05) is 24.7 Å². The summed E-state index contributed by atoms with van der Waals surface area (Å²) in [6, 6.07) is 3.35. The second-order valence-electron chi connectivity index (χ2n) is 4.10. The summed E-state index contributed by atoms with van der Waals surface area (Å²) in [5, 5.41) is 12.2. The number of carboxylic acids is 1. The largest absolute Gasteiger partial charge is 0.477 e. The van der Waals surface area contributed by atoms with Crippen LogP contribution in [0.3, 0.4) is 0 Å². The van der Waals surface area contributed by atoms with Crippen molar-refractivity contribution in [3.8, 4) is 0 Å². The average molecular weight is 298 g/mol. The van der Waals surface area contributed by atoms with Gasteiger partial charge in [0.05, 0.1) is 5.69 Å².